The molecule has 0 unspecified atom stereocenters. The van der Waals surface area contributed by atoms with E-state index >= 15 is 0 Å². The molecule has 0 atom stereocenters. The van der Waals surface area contributed by atoms with E-state index < -0.39 is 0 Å². The number of fused-ring (bicyclic) bond motifs is 1. The van der Waals surface area contributed by atoms with Gasteiger partial charge in [-0.1, -0.05) is 16.4 Å². The Morgan fingerprint density at radius 1 is 1.28 bits per heavy atom. The molecule has 0 fully saturated rings. The van der Waals surface area contributed by atoms with Gasteiger partial charge < -0.3 is 9.67 Å². The molecule has 0 aliphatic rings. The molecule has 0 spiro atoms. The van der Waals surface area contributed by atoms with Gasteiger partial charge in [-0.25, -0.2) is 4.63 Å². The number of benzene rings is 1. The summed E-state index contributed by atoms with van der Waals surface area (Å²) in [5.74, 6) is 0. The van der Waals surface area contributed by atoms with Crippen molar-refractivity contribution in [1.29, 1.82) is 0 Å². The highest BCUT2D eigenvalue weighted by molar-refractivity contribution is 5.80. The number of aryl methyl sites for hydroxylation is 1. The van der Waals surface area contributed by atoms with Crippen LogP contribution in [0, 0.1) is 6.92 Å². The maximum atomic E-state index is 9.11. The number of rotatable bonds is 3. The van der Waals surface area contributed by atoms with Crippen molar-refractivity contribution < 1.29 is 9.74 Å². The quantitative estimate of drug-likeness (QED) is 0.762. The molecule has 2 aromatic heterocycles. The summed E-state index contributed by atoms with van der Waals surface area (Å²) in [6.07, 6.45) is 2.00. The van der Waals surface area contributed by atoms with Gasteiger partial charge in [0, 0.05) is 11.7 Å². The van der Waals surface area contributed by atoms with Crippen molar-refractivity contribution in [1.82, 2.24) is 14.9 Å². The first-order valence-corrected chi connectivity index (χ1v) is 5.74. The molecule has 18 heavy (non-hydrogen) atoms. The third kappa shape index (κ3) is 1.78. The van der Waals surface area contributed by atoms with Gasteiger partial charge in [-0.3, -0.25) is 0 Å². The summed E-state index contributed by atoms with van der Waals surface area (Å²) >= 11 is 0. The Kier molecular flexibility index (Phi) is 2.60. The zero-order valence-corrected chi connectivity index (χ0v) is 10.00. The number of nitrogens with zero attached hydrogens (tertiary/aromatic N) is 3. The summed E-state index contributed by atoms with van der Waals surface area (Å²) in [6, 6.07) is 7.94. The Morgan fingerprint density at radius 3 is 2.89 bits per heavy atom. The molecule has 0 bridgehead atoms. The fourth-order valence-corrected chi connectivity index (χ4v) is 2.04. The largest absolute Gasteiger partial charge is 0.392 e. The zero-order valence-electron chi connectivity index (χ0n) is 10.00. The molecule has 0 aliphatic heterocycles. The minimum absolute atomic E-state index is 0.0629. The van der Waals surface area contributed by atoms with E-state index in [1.807, 2.05) is 37.4 Å². The van der Waals surface area contributed by atoms with Gasteiger partial charge in [-0.2, -0.15) is 0 Å². The Hall–Kier alpha value is -2.14. The Balaban J connectivity index is 2.00. The van der Waals surface area contributed by atoms with Gasteiger partial charge in [0.1, 0.15) is 11.4 Å². The Labute approximate surface area is 104 Å². The summed E-state index contributed by atoms with van der Waals surface area (Å²) in [4.78, 5) is 0. The lowest BCUT2D eigenvalue weighted by molar-refractivity contribution is 0.282. The average Bonchev–Trinajstić information content (AvgIpc) is 2.97. The smallest absolute Gasteiger partial charge is 0.127 e. The molecule has 0 saturated heterocycles. The monoisotopic (exact) mass is 243 g/mol. The number of hydrogen-bond donors (Lipinski definition) is 1. The van der Waals surface area contributed by atoms with E-state index in [-0.39, 0.29) is 6.61 Å². The fraction of sp³-hybridized carbons (Fsp3) is 0.231. The highest BCUT2D eigenvalue weighted by Gasteiger charge is 2.08. The highest BCUT2D eigenvalue weighted by atomic mass is 16.6. The second kappa shape index (κ2) is 4.27. The van der Waals surface area contributed by atoms with Crippen LogP contribution in [0.2, 0.25) is 0 Å². The Bertz CT molecular complexity index is 684. The summed E-state index contributed by atoms with van der Waals surface area (Å²) in [7, 11) is 0. The number of hydrogen-bond acceptors (Lipinski definition) is 4. The first-order valence-electron chi connectivity index (χ1n) is 5.74. The molecule has 92 valence electrons. The van der Waals surface area contributed by atoms with Crippen LogP contribution in [0.15, 0.2) is 35.1 Å². The van der Waals surface area contributed by atoms with Gasteiger partial charge in [0.25, 0.3) is 0 Å². The van der Waals surface area contributed by atoms with E-state index in [1.165, 1.54) is 0 Å². The second-order valence-corrected chi connectivity index (χ2v) is 4.29. The maximum Gasteiger partial charge on any atom is 0.127 e. The zero-order chi connectivity index (χ0) is 12.5. The minimum Gasteiger partial charge on any atom is -0.392 e. The molecule has 0 saturated carbocycles. The summed E-state index contributed by atoms with van der Waals surface area (Å²) in [5, 5.41) is 17.9. The van der Waals surface area contributed by atoms with Gasteiger partial charge in [0.2, 0.25) is 0 Å². The fourth-order valence-electron chi connectivity index (χ4n) is 2.04. The number of aromatic nitrogens is 3. The van der Waals surface area contributed by atoms with Crippen molar-refractivity contribution in [2.45, 2.75) is 20.1 Å². The maximum absolute atomic E-state index is 9.11. The molecule has 0 aliphatic carbocycles. The molecule has 3 rings (SSSR count). The molecule has 3 aromatic rings. The Morgan fingerprint density at radius 2 is 2.17 bits per heavy atom. The van der Waals surface area contributed by atoms with Crippen LogP contribution >= 0.6 is 0 Å². The standard InChI is InChI=1S/C13H13N3O2/c1-9-12(15-18-14-9)7-16-5-4-11-6-10(8-17)2-3-13(11)16/h2-6,17H,7-8H2,1H3. The molecular formula is C13H13N3O2. The van der Waals surface area contributed by atoms with Crippen LogP contribution in [0.3, 0.4) is 0 Å². The van der Waals surface area contributed by atoms with Gasteiger partial charge in [0.15, 0.2) is 0 Å². The lowest BCUT2D eigenvalue weighted by atomic mass is 10.2. The van der Waals surface area contributed by atoms with Crippen LogP contribution < -0.4 is 0 Å². The number of aliphatic hydroxyl groups excluding tert-OH is 1. The van der Waals surface area contributed by atoms with Crippen LogP contribution in [0.4, 0.5) is 0 Å². The van der Waals surface area contributed by atoms with Crippen LogP contribution in [0.5, 0.6) is 0 Å². The normalized spacial score (nSPS) is 11.2. The van der Waals surface area contributed by atoms with E-state index in [1.54, 1.807) is 0 Å². The first-order chi connectivity index (χ1) is 8.78. The van der Waals surface area contributed by atoms with Crippen LogP contribution in [0.25, 0.3) is 10.9 Å². The van der Waals surface area contributed by atoms with Crippen molar-refractivity contribution in [2.75, 3.05) is 0 Å². The molecule has 0 amide bonds. The van der Waals surface area contributed by atoms with Crippen molar-refractivity contribution in [3.63, 3.8) is 0 Å². The van der Waals surface area contributed by atoms with Crippen LogP contribution in [-0.4, -0.2) is 20.0 Å². The SMILES string of the molecule is Cc1nonc1Cn1ccc2cc(CO)ccc21. The molecule has 1 aromatic carbocycles. The first kappa shape index (κ1) is 11.0. The van der Waals surface area contributed by atoms with Gasteiger partial charge in [0.05, 0.1) is 13.2 Å². The number of aliphatic hydroxyl groups is 1. The van der Waals surface area contributed by atoms with Gasteiger partial charge in [-0.15, -0.1) is 0 Å². The molecule has 5 heteroatoms. The lowest BCUT2D eigenvalue weighted by Crippen LogP contribution is -1.99. The lowest BCUT2D eigenvalue weighted by Gasteiger charge is -2.03. The topological polar surface area (TPSA) is 64.1 Å². The van der Waals surface area contributed by atoms with Gasteiger partial charge >= 0.3 is 0 Å². The average molecular weight is 243 g/mol. The molecular weight excluding hydrogens is 230 g/mol. The third-order valence-electron chi connectivity index (χ3n) is 3.08. The van der Waals surface area contributed by atoms with Crippen LogP contribution in [0.1, 0.15) is 17.0 Å². The predicted molar refractivity (Wildman–Crippen MR) is 66.0 cm³/mol. The van der Waals surface area contributed by atoms with E-state index in [9.17, 15) is 0 Å². The minimum atomic E-state index is 0.0629. The predicted octanol–water partition coefficient (Wildman–Crippen LogP) is 1.87. The summed E-state index contributed by atoms with van der Waals surface area (Å²) in [5.41, 5.74) is 3.66. The molecule has 0 radical (unpaired) electrons. The van der Waals surface area contributed by atoms with E-state index in [0.29, 0.717) is 6.54 Å². The van der Waals surface area contributed by atoms with Gasteiger partial charge in [-0.05, 0) is 36.1 Å². The molecule has 2 heterocycles. The second-order valence-electron chi connectivity index (χ2n) is 4.29. The summed E-state index contributed by atoms with van der Waals surface area (Å²) in [6.45, 7) is 2.58. The van der Waals surface area contributed by atoms with Crippen molar-refractivity contribution in [2.24, 2.45) is 0 Å². The van der Waals surface area contributed by atoms with E-state index in [2.05, 4.69) is 14.9 Å². The summed E-state index contributed by atoms with van der Waals surface area (Å²) < 4.78 is 6.78. The van der Waals surface area contributed by atoms with Crippen molar-refractivity contribution in [3.05, 3.63) is 47.4 Å². The van der Waals surface area contributed by atoms with Crippen molar-refractivity contribution in [3.8, 4) is 0 Å². The van der Waals surface area contributed by atoms with E-state index in [0.717, 1.165) is 27.9 Å². The molecule has 5 nitrogen and oxygen atoms in total. The highest BCUT2D eigenvalue weighted by Crippen LogP contribution is 2.19. The van der Waals surface area contributed by atoms with E-state index in [4.69, 9.17) is 9.74 Å². The van der Waals surface area contributed by atoms with Crippen molar-refractivity contribution >= 4 is 10.9 Å². The third-order valence-corrected chi connectivity index (χ3v) is 3.08. The molecule has 1 N–H and O–H groups in total. The van der Waals surface area contributed by atoms with Crippen LogP contribution in [-0.2, 0) is 13.2 Å².